The molecule has 0 aromatic heterocycles. The smallest absolute Gasteiger partial charge is 0.392 e. The van der Waals surface area contributed by atoms with E-state index in [1.807, 2.05) is 30.3 Å². The fourth-order valence-corrected chi connectivity index (χ4v) is 5.20. The molecule has 0 bridgehead atoms. The zero-order valence-corrected chi connectivity index (χ0v) is 28.9. The normalized spacial score (nSPS) is 10.9. The van der Waals surface area contributed by atoms with Crippen LogP contribution in [0.15, 0.2) is 72.8 Å². The van der Waals surface area contributed by atoms with Gasteiger partial charge in [0, 0.05) is 26.3 Å². The molecule has 11 heteroatoms. The molecular weight excluding hydrogens is 644 g/mol. The quantitative estimate of drug-likeness (QED) is 0.0502. The van der Waals surface area contributed by atoms with Gasteiger partial charge in [0.15, 0.2) is 0 Å². The Labute approximate surface area is 292 Å². The van der Waals surface area contributed by atoms with Crippen molar-refractivity contribution >= 4 is 29.8 Å². The van der Waals surface area contributed by atoms with Gasteiger partial charge in [-0.25, -0.2) is 14.4 Å². The molecule has 0 aliphatic carbocycles. The predicted octanol–water partition coefficient (Wildman–Crippen LogP) is 7.94. The standard InChI is InChI=1S/C39H46O11/c1-28(40)49-39(3,50-29(2)41)38(45)47-26-16-11-9-7-5-4-6-8-10-15-25-46-33-22-19-31(20-23-33)37(44)48-35-27-32(36(42)43)21-24-34(35)30-17-13-12-14-18-30/h12-14,17-24,27H,4-11,15-16,25-26H2,1-3H3,(H,42,43). The lowest BCUT2D eigenvalue weighted by Gasteiger charge is -2.25. The number of ether oxygens (including phenoxy) is 5. The van der Waals surface area contributed by atoms with Crippen LogP contribution in [0.5, 0.6) is 11.5 Å². The third-order valence-electron chi connectivity index (χ3n) is 7.69. The molecule has 50 heavy (non-hydrogen) atoms. The second-order valence-electron chi connectivity index (χ2n) is 11.9. The predicted molar refractivity (Wildman–Crippen MR) is 185 cm³/mol. The number of hydrogen-bond donors (Lipinski definition) is 1. The minimum atomic E-state index is -2.08. The van der Waals surface area contributed by atoms with Gasteiger partial charge in [-0.1, -0.05) is 81.7 Å². The van der Waals surface area contributed by atoms with Gasteiger partial charge in [0.1, 0.15) is 11.5 Å². The van der Waals surface area contributed by atoms with Gasteiger partial charge in [-0.3, -0.25) is 9.59 Å². The number of benzene rings is 3. The van der Waals surface area contributed by atoms with Crippen molar-refractivity contribution in [2.75, 3.05) is 13.2 Å². The molecule has 3 rings (SSSR count). The summed E-state index contributed by atoms with van der Waals surface area (Å²) in [5, 5.41) is 9.42. The lowest BCUT2D eigenvalue weighted by Crippen LogP contribution is -2.45. The molecule has 0 heterocycles. The van der Waals surface area contributed by atoms with Crippen LogP contribution in [0, 0.1) is 0 Å². The van der Waals surface area contributed by atoms with Crippen molar-refractivity contribution in [1.29, 1.82) is 0 Å². The van der Waals surface area contributed by atoms with E-state index in [0.29, 0.717) is 29.9 Å². The zero-order valence-electron chi connectivity index (χ0n) is 28.9. The van der Waals surface area contributed by atoms with E-state index in [1.165, 1.54) is 19.1 Å². The van der Waals surface area contributed by atoms with Gasteiger partial charge in [0.2, 0.25) is 0 Å². The minimum absolute atomic E-state index is 0.0232. The number of aromatic carboxylic acids is 1. The molecule has 0 spiro atoms. The number of carbonyl (C=O) groups is 5. The molecular formula is C39H46O11. The van der Waals surface area contributed by atoms with Crippen LogP contribution >= 0.6 is 0 Å². The lowest BCUT2D eigenvalue weighted by molar-refractivity contribution is -0.232. The van der Waals surface area contributed by atoms with Crippen LogP contribution in [-0.4, -0.2) is 54.0 Å². The maximum atomic E-state index is 12.9. The number of carbonyl (C=O) groups excluding carboxylic acids is 4. The first-order valence-corrected chi connectivity index (χ1v) is 16.9. The Hall–Kier alpha value is -5.19. The van der Waals surface area contributed by atoms with Gasteiger partial charge in [-0.15, -0.1) is 0 Å². The third kappa shape index (κ3) is 13.4. The van der Waals surface area contributed by atoms with Crippen molar-refractivity contribution in [3.8, 4) is 22.6 Å². The lowest BCUT2D eigenvalue weighted by atomic mass is 10.0. The van der Waals surface area contributed by atoms with Crippen LogP contribution in [0.1, 0.15) is 106 Å². The van der Waals surface area contributed by atoms with Gasteiger partial charge >= 0.3 is 35.6 Å². The molecule has 0 aliphatic heterocycles. The van der Waals surface area contributed by atoms with Crippen molar-refractivity contribution in [1.82, 2.24) is 0 Å². The monoisotopic (exact) mass is 690 g/mol. The number of hydrogen-bond acceptors (Lipinski definition) is 10. The Morgan fingerprint density at radius 2 is 1.16 bits per heavy atom. The first kappa shape index (κ1) is 39.3. The highest BCUT2D eigenvalue weighted by molar-refractivity contribution is 5.94. The van der Waals surface area contributed by atoms with E-state index in [2.05, 4.69) is 0 Å². The number of esters is 4. The molecule has 0 unspecified atom stereocenters. The van der Waals surface area contributed by atoms with Gasteiger partial charge in [-0.05, 0) is 60.9 Å². The van der Waals surface area contributed by atoms with Crippen LogP contribution in [0.3, 0.4) is 0 Å². The average Bonchev–Trinajstić information content (AvgIpc) is 3.08. The summed E-state index contributed by atoms with van der Waals surface area (Å²) in [5.74, 6) is -5.39. The molecule has 0 amide bonds. The number of unbranched alkanes of at least 4 members (excludes halogenated alkanes) is 9. The summed E-state index contributed by atoms with van der Waals surface area (Å²) in [6.07, 6.45) is 10.1. The van der Waals surface area contributed by atoms with E-state index < -0.39 is 35.6 Å². The molecule has 0 fully saturated rings. The van der Waals surface area contributed by atoms with Crippen LogP contribution < -0.4 is 9.47 Å². The van der Waals surface area contributed by atoms with Crippen LogP contribution in [-0.2, 0) is 28.6 Å². The van der Waals surface area contributed by atoms with Crippen molar-refractivity contribution in [2.45, 2.75) is 90.8 Å². The maximum Gasteiger partial charge on any atom is 0.392 e. The Kier molecular flexibility index (Phi) is 16.0. The summed E-state index contributed by atoms with van der Waals surface area (Å²) in [4.78, 5) is 59.2. The van der Waals surface area contributed by atoms with Crippen LogP contribution in [0.2, 0.25) is 0 Å². The summed E-state index contributed by atoms with van der Waals surface area (Å²) in [6, 6.07) is 20.5. The number of rotatable bonds is 21. The van der Waals surface area contributed by atoms with Crippen molar-refractivity contribution in [3.05, 3.63) is 83.9 Å². The van der Waals surface area contributed by atoms with E-state index in [4.69, 9.17) is 23.7 Å². The summed E-state index contributed by atoms with van der Waals surface area (Å²) in [7, 11) is 0. The van der Waals surface area contributed by atoms with E-state index in [-0.39, 0.29) is 17.9 Å². The molecule has 1 N–H and O–H groups in total. The molecule has 0 atom stereocenters. The molecule has 0 aliphatic rings. The first-order chi connectivity index (χ1) is 24.0. The second-order valence-corrected chi connectivity index (χ2v) is 11.9. The molecule has 268 valence electrons. The topological polar surface area (TPSA) is 152 Å². The van der Waals surface area contributed by atoms with E-state index in [0.717, 1.165) is 77.2 Å². The SMILES string of the molecule is CC(=O)OC(C)(OC(C)=O)C(=O)OCCCCCCCCCCCCOc1ccc(C(=O)Oc2cc(C(=O)O)ccc2-c2ccccc2)cc1. The Bertz CT molecular complexity index is 1550. The fraction of sp³-hybridized carbons (Fsp3) is 0.410. The Morgan fingerprint density at radius 3 is 1.70 bits per heavy atom. The molecule has 3 aromatic carbocycles. The van der Waals surface area contributed by atoms with Crippen LogP contribution in [0.4, 0.5) is 0 Å². The highest BCUT2D eigenvalue weighted by Gasteiger charge is 2.42. The van der Waals surface area contributed by atoms with Crippen molar-refractivity contribution < 1.29 is 52.8 Å². The fourth-order valence-electron chi connectivity index (χ4n) is 5.20. The average molecular weight is 691 g/mol. The molecule has 11 nitrogen and oxygen atoms in total. The van der Waals surface area contributed by atoms with Gasteiger partial charge < -0.3 is 28.8 Å². The Balaban J connectivity index is 1.26. The van der Waals surface area contributed by atoms with E-state index in [1.54, 1.807) is 30.3 Å². The van der Waals surface area contributed by atoms with Crippen LogP contribution in [0.25, 0.3) is 11.1 Å². The second kappa shape index (κ2) is 20.4. The maximum absolute atomic E-state index is 12.9. The van der Waals surface area contributed by atoms with Gasteiger partial charge in [-0.2, -0.15) is 0 Å². The highest BCUT2D eigenvalue weighted by Crippen LogP contribution is 2.32. The highest BCUT2D eigenvalue weighted by atomic mass is 16.8. The number of carboxylic acid groups (broad SMARTS) is 1. The first-order valence-electron chi connectivity index (χ1n) is 16.9. The molecule has 0 radical (unpaired) electrons. The van der Waals surface area contributed by atoms with E-state index >= 15 is 0 Å². The summed E-state index contributed by atoms with van der Waals surface area (Å²) in [6.45, 7) is 4.13. The molecule has 0 saturated heterocycles. The van der Waals surface area contributed by atoms with Gasteiger partial charge in [0.05, 0.1) is 24.3 Å². The minimum Gasteiger partial charge on any atom is -0.494 e. The summed E-state index contributed by atoms with van der Waals surface area (Å²) >= 11 is 0. The largest absolute Gasteiger partial charge is 0.494 e. The molecule has 0 saturated carbocycles. The third-order valence-corrected chi connectivity index (χ3v) is 7.69. The zero-order chi connectivity index (χ0) is 36.4. The van der Waals surface area contributed by atoms with E-state index in [9.17, 15) is 29.1 Å². The summed E-state index contributed by atoms with van der Waals surface area (Å²) in [5.41, 5.74) is 1.76. The summed E-state index contributed by atoms with van der Waals surface area (Å²) < 4.78 is 26.4. The van der Waals surface area contributed by atoms with Crippen molar-refractivity contribution in [3.63, 3.8) is 0 Å². The van der Waals surface area contributed by atoms with Gasteiger partial charge in [0.25, 0.3) is 0 Å². The Morgan fingerprint density at radius 1 is 0.640 bits per heavy atom. The molecule has 3 aromatic rings. The number of carboxylic acids is 1. The van der Waals surface area contributed by atoms with Crippen molar-refractivity contribution in [2.24, 2.45) is 0 Å².